The van der Waals surface area contributed by atoms with Crippen molar-refractivity contribution in [3.8, 4) is 16.8 Å². The minimum absolute atomic E-state index is 0.558. The second-order valence-electron chi connectivity index (χ2n) is 6.07. The van der Waals surface area contributed by atoms with Gasteiger partial charge in [-0.15, -0.1) is 0 Å². The minimum atomic E-state index is -3.36. The maximum atomic E-state index is 11.7. The zero-order valence-corrected chi connectivity index (χ0v) is 14.9. The van der Waals surface area contributed by atoms with Crippen LogP contribution >= 0.6 is 0 Å². The first-order valence-corrected chi connectivity index (χ1v) is 10.0. The third-order valence-electron chi connectivity index (χ3n) is 4.11. The topological polar surface area (TPSA) is 64.0 Å². The van der Waals surface area contributed by atoms with E-state index in [4.69, 9.17) is 0 Å². The second-order valence-corrected chi connectivity index (χ2v) is 7.82. The third-order valence-corrected chi connectivity index (χ3v) is 4.70. The van der Waals surface area contributed by atoms with Gasteiger partial charge in [-0.25, -0.2) is 13.4 Å². The fourth-order valence-electron chi connectivity index (χ4n) is 3.01. The van der Waals surface area contributed by atoms with E-state index in [-0.39, 0.29) is 0 Å². The number of imidazole rings is 1. The molecule has 4 rings (SSSR count). The molecule has 0 amide bonds. The van der Waals surface area contributed by atoms with Crippen LogP contribution in [0.5, 0.6) is 0 Å². The summed E-state index contributed by atoms with van der Waals surface area (Å²) in [5.41, 5.74) is 5.22. The van der Waals surface area contributed by atoms with Gasteiger partial charge in [0.2, 0.25) is 10.0 Å². The molecule has 0 spiro atoms. The highest BCUT2D eigenvalue weighted by Crippen LogP contribution is 2.30. The molecule has 0 radical (unpaired) electrons. The molecule has 0 fully saturated rings. The van der Waals surface area contributed by atoms with Gasteiger partial charge in [0.25, 0.3) is 0 Å². The molecule has 26 heavy (non-hydrogen) atoms. The van der Waals surface area contributed by atoms with Gasteiger partial charge in [-0.1, -0.05) is 42.5 Å². The van der Waals surface area contributed by atoms with E-state index in [2.05, 4.69) is 9.71 Å². The first kappa shape index (κ1) is 16.4. The van der Waals surface area contributed by atoms with Crippen LogP contribution in [0.1, 0.15) is 0 Å². The van der Waals surface area contributed by atoms with Crippen LogP contribution in [0.2, 0.25) is 0 Å². The Balaban J connectivity index is 1.83. The minimum Gasteiger partial charge on any atom is -0.299 e. The van der Waals surface area contributed by atoms with E-state index in [0.717, 1.165) is 34.1 Å². The molecular formula is C20H17N3O2S. The Morgan fingerprint density at radius 3 is 2.54 bits per heavy atom. The van der Waals surface area contributed by atoms with Crippen LogP contribution in [0, 0.1) is 0 Å². The molecular weight excluding hydrogens is 346 g/mol. The number of rotatable bonds is 4. The Morgan fingerprint density at radius 2 is 1.69 bits per heavy atom. The molecule has 0 saturated carbocycles. The molecule has 1 aromatic heterocycles. The number of nitrogens with one attached hydrogen (secondary N) is 1. The van der Waals surface area contributed by atoms with Crippen molar-refractivity contribution in [1.29, 1.82) is 0 Å². The smallest absolute Gasteiger partial charge is 0.229 e. The molecule has 0 aliphatic heterocycles. The van der Waals surface area contributed by atoms with Crippen molar-refractivity contribution in [3.63, 3.8) is 0 Å². The lowest BCUT2D eigenvalue weighted by molar-refractivity contribution is 0.607. The van der Waals surface area contributed by atoms with Crippen molar-refractivity contribution in [3.05, 3.63) is 79.1 Å². The van der Waals surface area contributed by atoms with Crippen molar-refractivity contribution in [1.82, 2.24) is 9.55 Å². The monoisotopic (exact) mass is 363 g/mol. The summed E-state index contributed by atoms with van der Waals surface area (Å²) in [5.74, 6) is 0. The van der Waals surface area contributed by atoms with E-state index >= 15 is 0 Å². The summed E-state index contributed by atoms with van der Waals surface area (Å²) in [6, 6.07) is 23.2. The van der Waals surface area contributed by atoms with Crippen LogP contribution in [-0.4, -0.2) is 24.2 Å². The normalized spacial score (nSPS) is 11.6. The van der Waals surface area contributed by atoms with Crippen LogP contribution in [0.4, 0.5) is 5.69 Å². The molecule has 5 nitrogen and oxygen atoms in total. The number of fused-ring (bicyclic) bond motifs is 1. The van der Waals surface area contributed by atoms with Gasteiger partial charge in [-0.2, -0.15) is 0 Å². The molecule has 1 heterocycles. The highest BCUT2D eigenvalue weighted by molar-refractivity contribution is 7.92. The SMILES string of the molecule is CS(=O)(=O)Nc1ccccc1-c1cccc(-n2cnc3ccccc32)c1. The lowest BCUT2D eigenvalue weighted by Crippen LogP contribution is -2.10. The van der Waals surface area contributed by atoms with Crippen LogP contribution in [0.3, 0.4) is 0 Å². The van der Waals surface area contributed by atoms with E-state index in [1.54, 1.807) is 12.4 Å². The Kier molecular flexibility index (Phi) is 3.97. The van der Waals surface area contributed by atoms with Crippen molar-refractivity contribution in [2.75, 3.05) is 11.0 Å². The molecule has 0 aliphatic carbocycles. The molecule has 130 valence electrons. The summed E-state index contributed by atoms with van der Waals surface area (Å²) >= 11 is 0. The van der Waals surface area contributed by atoms with E-state index in [1.807, 2.05) is 71.3 Å². The van der Waals surface area contributed by atoms with Gasteiger partial charge in [0, 0.05) is 11.3 Å². The summed E-state index contributed by atoms with van der Waals surface area (Å²) in [6.45, 7) is 0. The molecule has 0 saturated heterocycles. The summed E-state index contributed by atoms with van der Waals surface area (Å²) in [7, 11) is -3.36. The van der Waals surface area contributed by atoms with Crippen LogP contribution in [-0.2, 0) is 10.0 Å². The molecule has 0 aliphatic rings. The van der Waals surface area contributed by atoms with Gasteiger partial charge in [0.1, 0.15) is 6.33 Å². The average molecular weight is 363 g/mol. The van der Waals surface area contributed by atoms with Gasteiger partial charge in [0.15, 0.2) is 0 Å². The Bertz CT molecular complexity index is 1200. The quantitative estimate of drug-likeness (QED) is 0.595. The second kappa shape index (κ2) is 6.31. The third kappa shape index (κ3) is 3.19. The predicted octanol–water partition coefficient (Wildman–Crippen LogP) is 4.06. The highest BCUT2D eigenvalue weighted by Gasteiger charge is 2.10. The molecule has 3 aromatic carbocycles. The maximum absolute atomic E-state index is 11.7. The Hall–Kier alpha value is -3.12. The number of para-hydroxylation sites is 3. The largest absolute Gasteiger partial charge is 0.299 e. The van der Waals surface area contributed by atoms with E-state index in [0.29, 0.717) is 5.69 Å². The number of aromatic nitrogens is 2. The number of benzene rings is 3. The van der Waals surface area contributed by atoms with E-state index in [9.17, 15) is 8.42 Å². The number of hydrogen-bond acceptors (Lipinski definition) is 3. The number of hydrogen-bond donors (Lipinski definition) is 1. The first-order valence-electron chi connectivity index (χ1n) is 8.11. The van der Waals surface area contributed by atoms with Crippen molar-refractivity contribution < 1.29 is 8.42 Å². The number of sulfonamides is 1. The van der Waals surface area contributed by atoms with Crippen LogP contribution in [0.25, 0.3) is 27.8 Å². The van der Waals surface area contributed by atoms with Crippen molar-refractivity contribution in [2.24, 2.45) is 0 Å². The van der Waals surface area contributed by atoms with Crippen molar-refractivity contribution in [2.45, 2.75) is 0 Å². The lowest BCUT2D eigenvalue weighted by Gasteiger charge is -2.12. The van der Waals surface area contributed by atoms with Gasteiger partial charge in [-0.05, 0) is 35.9 Å². The molecule has 6 heteroatoms. The number of anilines is 1. The van der Waals surface area contributed by atoms with Crippen LogP contribution in [0.15, 0.2) is 79.1 Å². The molecule has 0 bridgehead atoms. The summed E-state index contributed by atoms with van der Waals surface area (Å²) in [4.78, 5) is 4.43. The summed E-state index contributed by atoms with van der Waals surface area (Å²) < 4.78 is 27.9. The van der Waals surface area contributed by atoms with E-state index in [1.165, 1.54) is 0 Å². The Morgan fingerprint density at radius 1 is 0.923 bits per heavy atom. The molecule has 4 aromatic rings. The predicted molar refractivity (Wildman–Crippen MR) is 105 cm³/mol. The van der Waals surface area contributed by atoms with Gasteiger partial charge < -0.3 is 0 Å². The Labute approximate surface area is 152 Å². The fourth-order valence-corrected chi connectivity index (χ4v) is 3.59. The summed E-state index contributed by atoms with van der Waals surface area (Å²) in [5, 5.41) is 0. The zero-order chi connectivity index (χ0) is 18.1. The fraction of sp³-hybridized carbons (Fsp3) is 0.0500. The van der Waals surface area contributed by atoms with Crippen LogP contribution < -0.4 is 4.72 Å². The molecule has 1 N–H and O–H groups in total. The van der Waals surface area contributed by atoms with Gasteiger partial charge in [0.05, 0.1) is 23.0 Å². The standard InChI is InChI=1S/C20H17N3O2S/c1-26(24,25)22-18-10-3-2-9-17(18)15-7-6-8-16(13-15)23-14-21-19-11-4-5-12-20(19)23/h2-14,22H,1H3. The molecule has 0 atom stereocenters. The van der Waals surface area contributed by atoms with Gasteiger partial charge >= 0.3 is 0 Å². The average Bonchev–Trinajstić information content (AvgIpc) is 3.05. The number of nitrogens with zero attached hydrogens (tertiary/aromatic N) is 2. The summed E-state index contributed by atoms with van der Waals surface area (Å²) in [6.07, 6.45) is 2.95. The first-order chi connectivity index (χ1) is 12.5. The highest BCUT2D eigenvalue weighted by atomic mass is 32.2. The lowest BCUT2D eigenvalue weighted by atomic mass is 10.0. The zero-order valence-electron chi connectivity index (χ0n) is 14.1. The molecule has 0 unspecified atom stereocenters. The maximum Gasteiger partial charge on any atom is 0.229 e. The van der Waals surface area contributed by atoms with Crippen molar-refractivity contribution >= 4 is 26.7 Å². The van der Waals surface area contributed by atoms with Gasteiger partial charge in [-0.3, -0.25) is 9.29 Å². The van der Waals surface area contributed by atoms with E-state index < -0.39 is 10.0 Å².